The predicted octanol–water partition coefficient (Wildman–Crippen LogP) is 1.03. The van der Waals surface area contributed by atoms with E-state index in [4.69, 9.17) is 15.2 Å². The number of carbonyl (C=O) groups excluding carboxylic acids is 2. The van der Waals surface area contributed by atoms with Crippen LogP contribution >= 0.6 is 0 Å². The van der Waals surface area contributed by atoms with Crippen molar-refractivity contribution in [1.29, 1.82) is 0 Å². The molecule has 2 rings (SSSR count). The Labute approximate surface area is 113 Å². The van der Waals surface area contributed by atoms with Crippen molar-refractivity contribution in [3.63, 3.8) is 0 Å². The van der Waals surface area contributed by atoms with Crippen LogP contribution in [-0.4, -0.2) is 47.3 Å². The first kappa shape index (κ1) is 14.1. The van der Waals surface area contributed by atoms with Gasteiger partial charge in [0.25, 0.3) is 0 Å². The van der Waals surface area contributed by atoms with Crippen LogP contribution in [0.5, 0.6) is 0 Å². The van der Waals surface area contributed by atoms with E-state index >= 15 is 0 Å². The molecule has 19 heavy (non-hydrogen) atoms. The maximum Gasteiger partial charge on any atom is 0.411 e. The number of hydrogen-bond acceptors (Lipinski definition) is 5. The van der Waals surface area contributed by atoms with Gasteiger partial charge >= 0.3 is 12.1 Å². The van der Waals surface area contributed by atoms with Gasteiger partial charge < -0.3 is 15.2 Å². The van der Waals surface area contributed by atoms with Gasteiger partial charge in [0.2, 0.25) is 0 Å². The molecule has 2 bridgehead atoms. The third-order valence-electron chi connectivity index (χ3n) is 3.87. The van der Waals surface area contributed by atoms with Crippen molar-refractivity contribution in [2.45, 2.75) is 63.3 Å². The lowest BCUT2D eigenvalue weighted by molar-refractivity contribution is -0.152. The first-order valence-electron chi connectivity index (χ1n) is 6.57. The molecule has 2 heterocycles. The molecule has 2 aliphatic rings. The van der Waals surface area contributed by atoms with Crippen LogP contribution in [0.2, 0.25) is 0 Å². The van der Waals surface area contributed by atoms with Crippen LogP contribution in [0.3, 0.4) is 0 Å². The number of nitrogens with zero attached hydrogens (tertiary/aromatic N) is 1. The number of methoxy groups -OCH3 is 1. The SMILES string of the molecule is COC(=O)C12CCC(C(N)C1)N2C(=O)OC(C)(C)C. The monoisotopic (exact) mass is 270 g/mol. The largest absolute Gasteiger partial charge is 0.467 e. The molecule has 3 atom stereocenters. The molecule has 0 aromatic heterocycles. The van der Waals surface area contributed by atoms with Gasteiger partial charge in [-0.1, -0.05) is 0 Å². The molecule has 2 saturated heterocycles. The molecule has 2 N–H and O–H groups in total. The minimum atomic E-state index is -0.929. The van der Waals surface area contributed by atoms with Crippen molar-refractivity contribution in [2.24, 2.45) is 5.73 Å². The highest BCUT2D eigenvalue weighted by atomic mass is 16.6. The van der Waals surface area contributed by atoms with Crippen LogP contribution in [0.4, 0.5) is 4.79 Å². The Kier molecular flexibility index (Phi) is 3.24. The van der Waals surface area contributed by atoms with Gasteiger partial charge in [0, 0.05) is 6.04 Å². The summed E-state index contributed by atoms with van der Waals surface area (Å²) in [6, 6.07) is -0.325. The highest BCUT2D eigenvalue weighted by Gasteiger charge is 2.63. The summed E-state index contributed by atoms with van der Waals surface area (Å²) in [4.78, 5) is 25.9. The van der Waals surface area contributed by atoms with E-state index in [2.05, 4.69) is 0 Å². The second-order valence-corrected chi connectivity index (χ2v) is 6.35. The molecule has 0 spiro atoms. The summed E-state index contributed by atoms with van der Waals surface area (Å²) in [5.74, 6) is -0.395. The number of fused-ring (bicyclic) bond motifs is 2. The Bertz CT molecular complexity index is 404. The third-order valence-corrected chi connectivity index (χ3v) is 3.87. The minimum Gasteiger partial charge on any atom is -0.467 e. The van der Waals surface area contributed by atoms with Crippen molar-refractivity contribution in [3.05, 3.63) is 0 Å². The fourth-order valence-corrected chi connectivity index (χ4v) is 3.18. The average Bonchev–Trinajstić information content (AvgIpc) is 2.78. The molecule has 0 radical (unpaired) electrons. The van der Waals surface area contributed by atoms with Gasteiger partial charge in [0.15, 0.2) is 0 Å². The number of ether oxygens (including phenoxy) is 2. The lowest BCUT2D eigenvalue weighted by Gasteiger charge is -2.33. The molecule has 1 amide bonds. The maximum atomic E-state index is 12.3. The summed E-state index contributed by atoms with van der Waals surface area (Å²) in [7, 11) is 1.33. The lowest BCUT2D eigenvalue weighted by Crippen LogP contribution is -2.52. The highest BCUT2D eigenvalue weighted by Crippen LogP contribution is 2.47. The van der Waals surface area contributed by atoms with Gasteiger partial charge in [-0.25, -0.2) is 9.59 Å². The molecule has 0 aliphatic carbocycles. The number of carbonyl (C=O) groups is 2. The van der Waals surface area contributed by atoms with E-state index in [1.807, 2.05) is 0 Å². The van der Waals surface area contributed by atoms with Crippen LogP contribution in [-0.2, 0) is 14.3 Å². The lowest BCUT2D eigenvalue weighted by atomic mass is 9.85. The summed E-state index contributed by atoms with van der Waals surface area (Å²) in [6.07, 6.45) is 1.28. The van der Waals surface area contributed by atoms with Gasteiger partial charge in [-0.3, -0.25) is 4.90 Å². The number of esters is 1. The molecule has 6 nitrogen and oxygen atoms in total. The van der Waals surface area contributed by atoms with Crippen LogP contribution in [0.25, 0.3) is 0 Å². The zero-order valence-corrected chi connectivity index (χ0v) is 11.9. The molecular weight excluding hydrogens is 248 g/mol. The van der Waals surface area contributed by atoms with Gasteiger partial charge in [-0.05, 0) is 40.0 Å². The maximum absolute atomic E-state index is 12.3. The zero-order valence-electron chi connectivity index (χ0n) is 11.9. The second kappa shape index (κ2) is 4.37. The Morgan fingerprint density at radius 2 is 2.00 bits per heavy atom. The molecule has 6 heteroatoms. The van der Waals surface area contributed by atoms with Crippen LogP contribution in [0.1, 0.15) is 40.0 Å². The van der Waals surface area contributed by atoms with Crippen molar-refractivity contribution in [2.75, 3.05) is 7.11 Å². The van der Waals surface area contributed by atoms with E-state index in [0.29, 0.717) is 12.8 Å². The smallest absolute Gasteiger partial charge is 0.411 e. The quantitative estimate of drug-likeness (QED) is 0.720. The first-order chi connectivity index (χ1) is 8.71. The number of rotatable bonds is 1. The van der Waals surface area contributed by atoms with Crippen molar-refractivity contribution in [3.8, 4) is 0 Å². The van der Waals surface area contributed by atoms with Crippen molar-refractivity contribution >= 4 is 12.1 Å². The Balaban J connectivity index is 2.28. The summed E-state index contributed by atoms with van der Waals surface area (Å²) >= 11 is 0. The van der Waals surface area contributed by atoms with Gasteiger partial charge in [-0.2, -0.15) is 0 Å². The first-order valence-corrected chi connectivity index (χ1v) is 6.57. The molecule has 0 aromatic rings. The third kappa shape index (κ3) is 2.18. The Hall–Kier alpha value is -1.30. The molecule has 108 valence electrons. The summed E-state index contributed by atoms with van der Waals surface area (Å²) in [5, 5.41) is 0. The van der Waals surface area contributed by atoms with Crippen LogP contribution < -0.4 is 5.73 Å². The van der Waals surface area contributed by atoms with Gasteiger partial charge in [0.05, 0.1) is 13.2 Å². The molecule has 2 aliphatic heterocycles. The van der Waals surface area contributed by atoms with Crippen molar-refractivity contribution in [1.82, 2.24) is 4.90 Å². The molecular formula is C13H22N2O4. The van der Waals surface area contributed by atoms with Gasteiger partial charge in [-0.15, -0.1) is 0 Å². The molecule has 0 aromatic carbocycles. The number of hydrogen-bond donors (Lipinski definition) is 1. The fourth-order valence-electron chi connectivity index (χ4n) is 3.18. The summed E-state index contributed by atoms with van der Waals surface area (Å²) < 4.78 is 10.3. The molecule has 3 unspecified atom stereocenters. The Morgan fingerprint density at radius 3 is 2.47 bits per heavy atom. The second-order valence-electron chi connectivity index (χ2n) is 6.35. The standard InChI is InChI=1S/C13H22N2O4/c1-12(2,3)19-11(17)15-9-5-6-13(15,7-8(9)14)10(16)18-4/h8-9H,5-7,14H2,1-4H3. The van der Waals surface area contributed by atoms with E-state index in [1.165, 1.54) is 12.0 Å². The number of nitrogens with two attached hydrogens (primary N) is 1. The van der Waals surface area contributed by atoms with E-state index < -0.39 is 23.2 Å². The van der Waals surface area contributed by atoms with E-state index in [1.54, 1.807) is 20.8 Å². The zero-order chi connectivity index (χ0) is 14.4. The van der Waals surface area contributed by atoms with E-state index in [9.17, 15) is 9.59 Å². The summed E-state index contributed by atoms with van der Waals surface area (Å²) in [5.41, 5.74) is 4.51. The topological polar surface area (TPSA) is 81.9 Å². The summed E-state index contributed by atoms with van der Waals surface area (Å²) in [6.45, 7) is 5.40. The normalized spacial score (nSPS) is 33.4. The number of amides is 1. The van der Waals surface area contributed by atoms with Gasteiger partial charge in [0.1, 0.15) is 11.1 Å². The van der Waals surface area contributed by atoms with Crippen LogP contribution in [0.15, 0.2) is 0 Å². The minimum absolute atomic E-state index is 0.131. The highest BCUT2D eigenvalue weighted by molar-refractivity contribution is 5.88. The molecule has 2 fully saturated rings. The fraction of sp³-hybridized carbons (Fsp3) is 0.846. The predicted molar refractivity (Wildman–Crippen MR) is 68.4 cm³/mol. The van der Waals surface area contributed by atoms with Crippen molar-refractivity contribution < 1.29 is 19.1 Å². The molecule has 0 saturated carbocycles. The Morgan fingerprint density at radius 1 is 1.37 bits per heavy atom. The average molecular weight is 270 g/mol. The van der Waals surface area contributed by atoms with E-state index in [-0.39, 0.29) is 12.1 Å². The van der Waals surface area contributed by atoms with Crippen LogP contribution in [0, 0.1) is 0 Å². The van der Waals surface area contributed by atoms with E-state index in [0.717, 1.165) is 6.42 Å².